The van der Waals surface area contributed by atoms with Crippen molar-refractivity contribution in [3.05, 3.63) is 71.8 Å². The molecule has 0 aromatic heterocycles. The van der Waals surface area contributed by atoms with Gasteiger partial charge in [0.25, 0.3) is 0 Å². The van der Waals surface area contributed by atoms with Crippen molar-refractivity contribution in [2.75, 3.05) is 0 Å². The van der Waals surface area contributed by atoms with Crippen molar-refractivity contribution < 1.29 is 9.63 Å². The Bertz CT molecular complexity index is 583. The van der Waals surface area contributed by atoms with Gasteiger partial charge < -0.3 is 0 Å². The molecule has 1 aliphatic heterocycles. The lowest BCUT2D eigenvalue weighted by molar-refractivity contribution is -0.233. The molecule has 0 aliphatic carbocycles. The minimum Gasteiger partial charge on any atom is -0.272 e. The Balaban J connectivity index is 1.49. The third-order valence-electron chi connectivity index (χ3n) is 3.81. The highest BCUT2D eigenvalue weighted by atomic mass is 16.7. The first-order chi connectivity index (χ1) is 10.3. The van der Waals surface area contributed by atoms with Gasteiger partial charge in [0.2, 0.25) is 5.91 Å². The molecule has 0 N–H and O–H groups in total. The molecule has 1 saturated heterocycles. The highest BCUT2D eigenvalue weighted by molar-refractivity contribution is 5.81. The molecule has 1 atom stereocenters. The Hall–Kier alpha value is -2.13. The molecule has 2 aromatic rings. The van der Waals surface area contributed by atoms with Gasteiger partial charge in [-0.3, -0.25) is 9.63 Å². The Morgan fingerprint density at radius 3 is 2.19 bits per heavy atom. The molecule has 1 fully saturated rings. The first-order valence-electron chi connectivity index (χ1n) is 7.36. The van der Waals surface area contributed by atoms with Gasteiger partial charge in [-0.25, -0.2) is 5.06 Å². The van der Waals surface area contributed by atoms with Gasteiger partial charge in [0.1, 0.15) is 6.61 Å². The van der Waals surface area contributed by atoms with E-state index in [0.717, 1.165) is 18.4 Å². The minimum atomic E-state index is 0.0870. The van der Waals surface area contributed by atoms with Crippen molar-refractivity contribution in [3.8, 4) is 0 Å². The van der Waals surface area contributed by atoms with Crippen LogP contribution in [0.4, 0.5) is 0 Å². The van der Waals surface area contributed by atoms with Crippen LogP contribution >= 0.6 is 0 Å². The fourth-order valence-corrected chi connectivity index (χ4v) is 2.56. The molecule has 0 spiro atoms. The monoisotopic (exact) mass is 281 g/mol. The second-order valence-electron chi connectivity index (χ2n) is 5.36. The standard InChI is InChI=1S/C18H19NO2/c20-18-13-17(12-11-15-7-3-1-4-8-15)19(18)21-14-16-9-5-2-6-10-16/h1-10,17H,11-14H2/t17-/m0/s1. The van der Waals surface area contributed by atoms with E-state index in [2.05, 4.69) is 12.1 Å². The first kappa shape index (κ1) is 13.8. The van der Waals surface area contributed by atoms with Gasteiger partial charge in [0, 0.05) is 0 Å². The summed E-state index contributed by atoms with van der Waals surface area (Å²) in [6.07, 6.45) is 2.52. The number of hydroxylamine groups is 2. The third kappa shape index (κ3) is 3.50. The molecule has 1 amide bonds. The lowest BCUT2D eigenvalue weighted by Crippen LogP contribution is -2.52. The summed E-state index contributed by atoms with van der Waals surface area (Å²) >= 11 is 0. The third-order valence-corrected chi connectivity index (χ3v) is 3.81. The van der Waals surface area contributed by atoms with Crippen LogP contribution in [-0.4, -0.2) is 17.0 Å². The molecular formula is C18H19NO2. The summed E-state index contributed by atoms with van der Waals surface area (Å²) in [4.78, 5) is 17.3. The van der Waals surface area contributed by atoms with Gasteiger partial charge in [-0.15, -0.1) is 0 Å². The predicted octanol–water partition coefficient (Wildman–Crippen LogP) is 3.35. The van der Waals surface area contributed by atoms with Crippen LogP contribution in [0.1, 0.15) is 24.0 Å². The van der Waals surface area contributed by atoms with E-state index in [-0.39, 0.29) is 11.9 Å². The molecule has 2 aromatic carbocycles. The van der Waals surface area contributed by atoms with Crippen LogP contribution in [0.3, 0.4) is 0 Å². The molecule has 0 saturated carbocycles. The van der Waals surface area contributed by atoms with Gasteiger partial charge in [-0.2, -0.15) is 0 Å². The first-order valence-corrected chi connectivity index (χ1v) is 7.36. The minimum absolute atomic E-state index is 0.0870. The van der Waals surface area contributed by atoms with Gasteiger partial charge in [-0.1, -0.05) is 60.7 Å². The van der Waals surface area contributed by atoms with Crippen molar-refractivity contribution in [2.45, 2.75) is 31.9 Å². The SMILES string of the molecule is O=C1C[C@H](CCc2ccccc2)N1OCc1ccccc1. The molecule has 3 rings (SSSR count). The Morgan fingerprint density at radius 2 is 1.57 bits per heavy atom. The zero-order valence-corrected chi connectivity index (χ0v) is 11.9. The number of nitrogens with zero attached hydrogens (tertiary/aromatic N) is 1. The number of amides is 1. The molecule has 1 aliphatic rings. The van der Waals surface area contributed by atoms with Gasteiger partial charge in [-0.05, 0) is 24.0 Å². The zero-order valence-electron chi connectivity index (χ0n) is 11.9. The van der Waals surface area contributed by atoms with E-state index in [9.17, 15) is 4.79 Å². The zero-order chi connectivity index (χ0) is 14.5. The van der Waals surface area contributed by atoms with E-state index >= 15 is 0 Å². The van der Waals surface area contributed by atoms with Gasteiger partial charge >= 0.3 is 0 Å². The van der Waals surface area contributed by atoms with Crippen LogP contribution in [0.2, 0.25) is 0 Å². The fraction of sp³-hybridized carbons (Fsp3) is 0.278. The molecule has 0 bridgehead atoms. The lowest BCUT2D eigenvalue weighted by Gasteiger charge is -2.39. The van der Waals surface area contributed by atoms with Gasteiger partial charge in [0.15, 0.2) is 0 Å². The average Bonchev–Trinajstić information content (AvgIpc) is 2.53. The summed E-state index contributed by atoms with van der Waals surface area (Å²) < 4.78 is 0. The Morgan fingerprint density at radius 1 is 0.952 bits per heavy atom. The summed E-state index contributed by atoms with van der Waals surface area (Å²) in [7, 11) is 0. The number of aryl methyl sites for hydroxylation is 1. The predicted molar refractivity (Wildman–Crippen MR) is 81.2 cm³/mol. The highest BCUT2D eigenvalue weighted by Crippen LogP contribution is 2.25. The number of benzene rings is 2. The molecular weight excluding hydrogens is 262 g/mol. The maximum absolute atomic E-state index is 11.7. The fourth-order valence-electron chi connectivity index (χ4n) is 2.56. The number of carbonyl (C=O) groups excluding carboxylic acids is 1. The van der Waals surface area contributed by atoms with E-state index in [1.54, 1.807) is 5.06 Å². The van der Waals surface area contributed by atoms with Gasteiger partial charge in [0.05, 0.1) is 12.5 Å². The van der Waals surface area contributed by atoms with Crippen molar-refractivity contribution in [3.63, 3.8) is 0 Å². The second kappa shape index (κ2) is 6.55. The largest absolute Gasteiger partial charge is 0.272 e. The molecule has 0 unspecified atom stereocenters. The molecule has 108 valence electrons. The van der Waals surface area contributed by atoms with Crippen LogP contribution in [-0.2, 0) is 22.7 Å². The maximum atomic E-state index is 11.7. The van der Waals surface area contributed by atoms with Crippen molar-refractivity contribution in [1.82, 2.24) is 5.06 Å². The lowest BCUT2D eigenvalue weighted by atomic mass is 9.97. The van der Waals surface area contributed by atoms with E-state index in [4.69, 9.17) is 4.84 Å². The number of hydrogen-bond donors (Lipinski definition) is 0. The van der Waals surface area contributed by atoms with Crippen LogP contribution < -0.4 is 0 Å². The summed E-state index contributed by atoms with van der Waals surface area (Å²) in [6.45, 7) is 0.453. The van der Waals surface area contributed by atoms with E-state index in [1.807, 2.05) is 48.5 Å². The number of β-lactam (4-membered cyclic amide) rings is 1. The summed E-state index contributed by atoms with van der Waals surface area (Å²) in [5.74, 6) is 0.0870. The number of hydrogen-bond acceptors (Lipinski definition) is 2. The molecule has 3 nitrogen and oxygen atoms in total. The number of carbonyl (C=O) groups is 1. The molecule has 21 heavy (non-hydrogen) atoms. The van der Waals surface area contributed by atoms with Crippen molar-refractivity contribution in [2.24, 2.45) is 0 Å². The average molecular weight is 281 g/mol. The Kier molecular flexibility index (Phi) is 4.31. The molecule has 1 heterocycles. The topological polar surface area (TPSA) is 29.5 Å². The summed E-state index contributed by atoms with van der Waals surface area (Å²) in [6, 6.07) is 20.5. The highest BCUT2D eigenvalue weighted by Gasteiger charge is 2.36. The smallest absolute Gasteiger partial charge is 0.248 e. The van der Waals surface area contributed by atoms with Crippen LogP contribution in [0, 0.1) is 0 Å². The number of rotatable bonds is 6. The van der Waals surface area contributed by atoms with Crippen LogP contribution in [0.15, 0.2) is 60.7 Å². The molecule has 0 radical (unpaired) electrons. The van der Waals surface area contributed by atoms with E-state index < -0.39 is 0 Å². The summed E-state index contributed by atoms with van der Waals surface area (Å²) in [5, 5.41) is 1.55. The molecule has 3 heteroatoms. The van der Waals surface area contributed by atoms with Crippen molar-refractivity contribution in [1.29, 1.82) is 0 Å². The van der Waals surface area contributed by atoms with E-state index in [1.165, 1.54) is 5.56 Å². The Labute approximate surface area is 125 Å². The maximum Gasteiger partial charge on any atom is 0.248 e. The quantitative estimate of drug-likeness (QED) is 0.760. The van der Waals surface area contributed by atoms with Crippen LogP contribution in [0.25, 0.3) is 0 Å². The van der Waals surface area contributed by atoms with Crippen molar-refractivity contribution >= 4 is 5.91 Å². The van der Waals surface area contributed by atoms with E-state index in [0.29, 0.717) is 13.0 Å². The van der Waals surface area contributed by atoms with Crippen LogP contribution in [0.5, 0.6) is 0 Å². The normalized spacial score (nSPS) is 17.6. The summed E-state index contributed by atoms with van der Waals surface area (Å²) in [5.41, 5.74) is 2.39. The second-order valence-corrected chi connectivity index (χ2v) is 5.36.